The Bertz CT molecular complexity index is 1310. The number of nitrogens with zero attached hydrogens (tertiary/aromatic N) is 6. The van der Waals surface area contributed by atoms with Crippen molar-refractivity contribution in [2.75, 3.05) is 61.4 Å². The molecule has 0 saturated carbocycles. The Morgan fingerprint density at radius 2 is 1.53 bits per heavy atom. The number of anilines is 3. The topological polar surface area (TPSA) is 76.2 Å². The summed E-state index contributed by atoms with van der Waals surface area (Å²) in [5.41, 5.74) is 5.93. The fourth-order valence-electron chi connectivity index (χ4n) is 5.17. The van der Waals surface area contributed by atoms with Crippen LogP contribution < -0.4 is 15.1 Å². The second kappa shape index (κ2) is 9.95. The van der Waals surface area contributed by atoms with Crippen molar-refractivity contribution in [2.24, 2.45) is 0 Å². The van der Waals surface area contributed by atoms with Crippen molar-refractivity contribution < 1.29 is 0 Å². The SMILES string of the molecule is CN1CCC(Nc2c(Cl)cnc3[nH]c(-c4ccc(N5CCN(c6ccncc6)CC5)cc4)nc23)CC1. The number of benzene rings is 1. The monoisotopic (exact) mass is 502 g/mol. The van der Waals surface area contributed by atoms with E-state index in [9.17, 15) is 0 Å². The molecular weight excluding hydrogens is 472 g/mol. The van der Waals surface area contributed by atoms with Crippen molar-refractivity contribution in [3.05, 3.63) is 60.0 Å². The van der Waals surface area contributed by atoms with Crippen LogP contribution in [-0.2, 0) is 0 Å². The van der Waals surface area contributed by atoms with Crippen molar-refractivity contribution in [3.63, 3.8) is 0 Å². The van der Waals surface area contributed by atoms with Crippen molar-refractivity contribution in [1.29, 1.82) is 0 Å². The first-order valence-corrected chi connectivity index (χ1v) is 13.0. The molecule has 0 spiro atoms. The van der Waals surface area contributed by atoms with Crippen LogP contribution in [0.1, 0.15) is 12.8 Å². The minimum Gasteiger partial charge on any atom is -0.379 e. The minimum atomic E-state index is 0.391. The third-order valence-corrected chi connectivity index (χ3v) is 7.63. The number of aromatic nitrogens is 4. The molecule has 0 amide bonds. The number of piperazine rings is 1. The third-order valence-electron chi connectivity index (χ3n) is 7.35. The van der Waals surface area contributed by atoms with Gasteiger partial charge in [0.25, 0.3) is 0 Å². The van der Waals surface area contributed by atoms with Gasteiger partial charge in [-0.3, -0.25) is 4.98 Å². The molecule has 0 atom stereocenters. The number of nitrogens with one attached hydrogen (secondary N) is 2. The Morgan fingerprint density at radius 1 is 0.889 bits per heavy atom. The number of halogens is 1. The van der Waals surface area contributed by atoms with E-state index in [1.807, 2.05) is 12.4 Å². The van der Waals surface area contributed by atoms with Gasteiger partial charge in [0.05, 0.1) is 16.9 Å². The van der Waals surface area contributed by atoms with Gasteiger partial charge in [0.2, 0.25) is 0 Å². The predicted molar refractivity (Wildman–Crippen MR) is 147 cm³/mol. The first-order valence-electron chi connectivity index (χ1n) is 12.6. The van der Waals surface area contributed by atoms with Gasteiger partial charge in [-0.15, -0.1) is 0 Å². The lowest BCUT2D eigenvalue weighted by Gasteiger charge is -2.37. The first-order chi connectivity index (χ1) is 17.6. The summed E-state index contributed by atoms with van der Waals surface area (Å²) in [6.45, 7) is 6.13. The number of rotatable bonds is 5. The molecule has 2 aliphatic heterocycles. The van der Waals surface area contributed by atoms with E-state index in [4.69, 9.17) is 16.6 Å². The average molecular weight is 503 g/mol. The molecule has 0 radical (unpaired) electrons. The Balaban J connectivity index is 1.17. The van der Waals surface area contributed by atoms with Crippen LogP contribution in [0.15, 0.2) is 55.0 Å². The summed E-state index contributed by atoms with van der Waals surface area (Å²) in [6, 6.07) is 13.2. The molecule has 2 N–H and O–H groups in total. The quantitative estimate of drug-likeness (QED) is 0.416. The highest BCUT2D eigenvalue weighted by atomic mass is 35.5. The van der Waals surface area contributed by atoms with Crippen LogP contribution in [0.3, 0.4) is 0 Å². The van der Waals surface area contributed by atoms with Crippen LogP contribution in [0.2, 0.25) is 5.02 Å². The van der Waals surface area contributed by atoms with Gasteiger partial charge in [0.15, 0.2) is 5.65 Å². The zero-order valence-electron chi connectivity index (χ0n) is 20.5. The van der Waals surface area contributed by atoms with Crippen LogP contribution in [-0.4, -0.2) is 77.2 Å². The van der Waals surface area contributed by atoms with E-state index in [0.29, 0.717) is 11.1 Å². The van der Waals surface area contributed by atoms with Gasteiger partial charge in [-0.2, -0.15) is 0 Å². The molecule has 0 aliphatic carbocycles. The number of H-pyrrole nitrogens is 1. The summed E-state index contributed by atoms with van der Waals surface area (Å²) in [7, 11) is 2.17. The molecule has 9 heteroatoms. The number of piperidine rings is 1. The zero-order chi connectivity index (χ0) is 24.5. The Labute approximate surface area is 216 Å². The molecular formula is C27H31ClN8. The number of pyridine rings is 2. The second-order valence-electron chi connectivity index (χ2n) is 9.71. The number of imidazole rings is 1. The highest BCUT2D eigenvalue weighted by molar-refractivity contribution is 6.34. The maximum Gasteiger partial charge on any atom is 0.159 e. The molecule has 2 saturated heterocycles. The minimum absolute atomic E-state index is 0.391. The molecule has 5 heterocycles. The standard InChI is InChI=1S/C27H31ClN8/c1-34-12-8-20(9-13-34)31-24-23(28)18-30-27-25(24)32-26(33-27)19-2-4-21(5-3-19)35-14-16-36(17-15-35)22-6-10-29-11-7-22/h2-7,10-11,18,20H,8-9,12-17H2,1H3,(H2,30,31,32,33). The Hall–Kier alpha value is -3.36. The summed E-state index contributed by atoms with van der Waals surface area (Å²) in [5, 5.41) is 4.26. The molecule has 3 aromatic heterocycles. The van der Waals surface area contributed by atoms with Crippen LogP contribution >= 0.6 is 11.6 Å². The van der Waals surface area contributed by atoms with Crippen molar-refractivity contribution in [1.82, 2.24) is 24.8 Å². The summed E-state index contributed by atoms with van der Waals surface area (Å²) < 4.78 is 0. The molecule has 0 bridgehead atoms. The van der Waals surface area contributed by atoms with Crippen LogP contribution in [0, 0.1) is 0 Å². The van der Waals surface area contributed by atoms with E-state index < -0.39 is 0 Å². The van der Waals surface area contributed by atoms with Gasteiger partial charge < -0.3 is 25.0 Å². The molecule has 8 nitrogen and oxygen atoms in total. The molecule has 6 rings (SSSR count). The van der Waals surface area contributed by atoms with Crippen molar-refractivity contribution >= 4 is 39.8 Å². The normalized spacial score (nSPS) is 17.6. The molecule has 0 unspecified atom stereocenters. The van der Waals surface area contributed by atoms with Gasteiger partial charge in [0, 0.05) is 61.6 Å². The van der Waals surface area contributed by atoms with Crippen LogP contribution in [0.25, 0.3) is 22.6 Å². The molecule has 2 aliphatic rings. The fourth-order valence-corrected chi connectivity index (χ4v) is 5.36. The first kappa shape index (κ1) is 23.1. The maximum atomic E-state index is 6.56. The van der Waals surface area contributed by atoms with Gasteiger partial charge in [-0.25, -0.2) is 9.97 Å². The van der Waals surface area contributed by atoms with E-state index in [2.05, 4.69) is 78.4 Å². The van der Waals surface area contributed by atoms with E-state index in [1.165, 1.54) is 11.4 Å². The lowest BCUT2D eigenvalue weighted by molar-refractivity contribution is 0.264. The molecule has 186 valence electrons. The predicted octanol–water partition coefficient (Wildman–Crippen LogP) is 4.51. The maximum absolute atomic E-state index is 6.56. The van der Waals surface area contributed by atoms with Crippen molar-refractivity contribution in [2.45, 2.75) is 18.9 Å². The average Bonchev–Trinajstić information content (AvgIpc) is 3.37. The molecule has 2 fully saturated rings. The third kappa shape index (κ3) is 4.70. The van der Waals surface area contributed by atoms with E-state index >= 15 is 0 Å². The van der Waals surface area contributed by atoms with E-state index in [0.717, 1.165) is 80.3 Å². The lowest BCUT2D eigenvalue weighted by atomic mass is 10.1. The van der Waals surface area contributed by atoms with Crippen molar-refractivity contribution in [3.8, 4) is 11.4 Å². The largest absolute Gasteiger partial charge is 0.379 e. The van der Waals surface area contributed by atoms with Gasteiger partial charge >= 0.3 is 0 Å². The number of fused-ring (bicyclic) bond motifs is 1. The van der Waals surface area contributed by atoms with E-state index in [-0.39, 0.29) is 0 Å². The van der Waals surface area contributed by atoms with Gasteiger partial charge in [-0.05, 0) is 69.4 Å². The number of hydrogen-bond acceptors (Lipinski definition) is 7. The Kier molecular flexibility index (Phi) is 6.37. The second-order valence-corrected chi connectivity index (χ2v) is 10.1. The summed E-state index contributed by atoms with van der Waals surface area (Å²) in [4.78, 5) is 24.1. The van der Waals surface area contributed by atoms with Gasteiger partial charge in [0.1, 0.15) is 11.3 Å². The van der Waals surface area contributed by atoms with E-state index in [1.54, 1.807) is 6.20 Å². The Morgan fingerprint density at radius 3 is 2.19 bits per heavy atom. The lowest BCUT2D eigenvalue weighted by Crippen LogP contribution is -2.46. The summed E-state index contributed by atoms with van der Waals surface area (Å²) >= 11 is 6.56. The number of likely N-dealkylation sites (tertiary alicyclic amines) is 1. The summed E-state index contributed by atoms with van der Waals surface area (Å²) in [5.74, 6) is 0.806. The molecule has 1 aromatic carbocycles. The highest BCUT2D eigenvalue weighted by Crippen LogP contribution is 2.32. The fraction of sp³-hybridized carbons (Fsp3) is 0.370. The van der Waals surface area contributed by atoms with Gasteiger partial charge in [-0.1, -0.05) is 11.6 Å². The van der Waals surface area contributed by atoms with Crippen LogP contribution in [0.4, 0.5) is 17.1 Å². The number of hydrogen-bond donors (Lipinski definition) is 2. The number of aromatic amines is 1. The smallest absolute Gasteiger partial charge is 0.159 e. The molecule has 4 aromatic rings. The highest BCUT2D eigenvalue weighted by Gasteiger charge is 2.21. The molecule has 36 heavy (non-hydrogen) atoms. The summed E-state index contributed by atoms with van der Waals surface area (Å²) in [6.07, 6.45) is 7.60. The van der Waals surface area contributed by atoms with Crippen LogP contribution in [0.5, 0.6) is 0 Å². The zero-order valence-corrected chi connectivity index (χ0v) is 21.2.